The first-order valence-electron chi connectivity index (χ1n) is 5.77. The summed E-state index contributed by atoms with van der Waals surface area (Å²) in [5, 5.41) is 0. The highest BCUT2D eigenvalue weighted by atomic mass is 19.4. The van der Waals surface area contributed by atoms with E-state index in [-0.39, 0.29) is 19.1 Å². The molecule has 0 aliphatic carbocycles. The van der Waals surface area contributed by atoms with Gasteiger partial charge < -0.3 is 5.73 Å². The van der Waals surface area contributed by atoms with Crippen LogP contribution in [0.5, 0.6) is 0 Å². The Bertz CT molecular complexity index is 377. The number of pyridine rings is 1. The second-order valence-electron chi connectivity index (χ2n) is 4.43. The summed E-state index contributed by atoms with van der Waals surface area (Å²) in [6.45, 7) is 2.99. The van der Waals surface area contributed by atoms with Crippen LogP contribution in [-0.4, -0.2) is 28.6 Å². The van der Waals surface area contributed by atoms with Crippen molar-refractivity contribution < 1.29 is 13.2 Å². The molecule has 0 atom stereocenters. The summed E-state index contributed by atoms with van der Waals surface area (Å²) in [6.07, 6.45) is -2.61. The van der Waals surface area contributed by atoms with Crippen LogP contribution in [-0.2, 0) is 13.1 Å². The highest BCUT2D eigenvalue weighted by molar-refractivity contribution is 5.19. The third-order valence-corrected chi connectivity index (χ3v) is 2.66. The van der Waals surface area contributed by atoms with Gasteiger partial charge >= 0.3 is 6.18 Å². The van der Waals surface area contributed by atoms with Crippen molar-refractivity contribution in [3.8, 4) is 0 Å². The van der Waals surface area contributed by atoms with Crippen molar-refractivity contribution in [3.05, 3.63) is 29.6 Å². The van der Waals surface area contributed by atoms with Crippen LogP contribution in [0.1, 0.15) is 25.1 Å². The maximum atomic E-state index is 12.5. The van der Waals surface area contributed by atoms with Gasteiger partial charge in [0.15, 0.2) is 0 Å². The third kappa shape index (κ3) is 4.62. The van der Waals surface area contributed by atoms with Crippen LogP contribution in [0.4, 0.5) is 13.2 Å². The molecule has 18 heavy (non-hydrogen) atoms. The van der Waals surface area contributed by atoms with Crippen LogP contribution in [0.2, 0.25) is 0 Å². The Labute approximate surface area is 105 Å². The molecule has 2 N–H and O–H groups in total. The van der Waals surface area contributed by atoms with Crippen molar-refractivity contribution in [1.82, 2.24) is 9.88 Å². The zero-order chi connectivity index (χ0) is 13.8. The molecular weight excluding hydrogens is 243 g/mol. The SMILES string of the molecule is CC(C)N(Cc1cccnc1CN)CC(F)(F)F. The number of hydrogen-bond donors (Lipinski definition) is 1. The smallest absolute Gasteiger partial charge is 0.325 e. The van der Waals surface area contributed by atoms with Crippen molar-refractivity contribution in [2.24, 2.45) is 5.73 Å². The van der Waals surface area contributed by atoms with E-state index in [0.29, 0.717) is 5.69 Å². The van der Waals surface area contributed by atoms with Gasteiger partial charge in [0, 0.05) is 25.3 Å². The Morgan fingerprint density at radius 3 is 2.56 bits per heavy atom. The minimum Gasteiger partial charge on any atom is -0.325 e. The van der Waals surface area contributed by atoms with Gasteiger partial charge in [0.05, 0.1) is 12.2 Å². The highest BCUT2D eigenvalue weighted by Crippen LogP contribution is 2.20. The Hall–Kier alpha value is -1.14. The molecule has 3 nitrogen and oxygen atoms in total. The molecule has 0 aromatic carbocycles. The van der Waals surface area contributed by atoms with Crippen molar-refractivity contribution in [3.63, 3.8) is 0 Å². The van der Waals surface area contributed by atoms with Crippen molar-refractivity contribution in [2.75, 3.05) is 6.54 Å². The van der Waals surface area contributed by atoms with E-state index in [1.54, 1.807) is 32.2 Å². The molecule has 0 spiro atoms. The van der Waals surface area contributed by atoms with Crippen LogP contribution in [0.15, 0.2) is 18.3 Å². The maximum Gasteiger partial charge on any atom is 0.401 e. The molecule has 0 saturated heterocycles. The monoisotopic (exact) mass is 261 g/mol. The van der Waals surface area contributed by atoms with Crippen molar-refractivity contribution in [1.29, 1.82) is 0 Å². The van der Waals surface area contributed by atoms with Crippen LogP contribution in [0, 0.1) is 0 Å². The van der Waals surface area contributed by atoms with Crippen LogP contribution >= 0.6 is 0 Å². The van der Waals surface area contributed by atoms with E-state index in [2.05, 4.69) is 4.98 Å². The van der Waals surface area contributed by atoms with Gasteiger partial charge in [-0.15, -0.1) is 0 Å². The van der Waals surface area contributed by atoms with Crippen LogP contribution in [0.3, 0.4) is 0 Å². The first-order chi connectivity index (χ1) is 8.33. The number of hydrogen-bond acceptors (Lipinski definition) is 3. The fourth-order valence-corrected chi connectivity index (χ4v) is 1.67. The van der Waals surface area contributed by atoms with Gasteiger partial charge in [-0.1, -0.05) is 6.07 Å². The van der Waals surface area contributed by atoms with Crippen LogP contribution in [0.25, 0.3) is 0 Å². The number of aromatic nitrogens is 1. The largest absolute Gasteiger partial charge is 0.401 e. The lowest BCUT2D eigenvalue weighted by Gasteiger charge is -2.28. The summed E-state index contributed by atoms with van der Waals surface area (Å²) in [6, 6.07) is 3.28. The minimum absolute atomic E-state index is 0.197. The zero-order valence-electron chi connectivity index (χ0n) is 10.5. The van der Waals surface area contributed by atoms with Gasteiger partial charge in [-0.25, -0.2) is 0 Å². The Morgan fingerprint density at radius 2 is 2.06 bits per heavy atom. The quantitative estimate of drug-likeness (QED) is 0.884. The van der Waals surface area contributed by atoms with E-state index in [1.807, 2.05) is 0 Å². The predicted octanol–water partition coefficient (Wildman–Crippen LogP) is 2.31. The molecule has 0 saturated carbocycles. The summed E-state index contributed by atoms with van der Waals surface area (Å²) >= 11 is 0. The summed E-state index contributed by atoms with van der Waals surface area (Å²) < 4.78 is 37.4. The standard InChI is InChI=1S/C12H18F3N3/c1-9(2)18(8-12(13,14)15)7-10-4-3-5-17-11(10)6-16/h3-5,9H,6-8,16H2,1-2H3. The van der Waals surface area contributed by atoms with E-state index < -0.39 is 12.7 Å². The number of nitrogens with two attached hydrogens (primary N) is 1. The number of alkyl halides is 3. The molecule has 0 amide bonds. The molecule has 0 radical (unpaired) electrons. The van der Waals surface area contributed by atoms with E-state index >= 15 is 0 Å². The van der Waals surface area contributed by atoms with Gasteiger partial charge in [0.25, 0.3) is 0 Å². The van der Waals surface area contributed by atoms with E-state index in [4.69, 9.17) is 5.73 Å². The summed E-state index contributed by atoms with van der Waals surface area (Å²) in [5.74, 6) is 0. The minimum atomic E-state index is -4.20. The normalized spacial score (nSPS) is 12.4. The average molecular weight is 261 g/mol. The van der Waals surface area contributed by atoms with Crippen molar-refractivity contribution in [2.45, 2.75) is 39.2 Å². The molecule has 1 aromatic heterocycles. The van der Waals surface area contributed by atoms with E-state index in [1.165, 1.54) is 4.90 Å². The highest BCUT2D eigenvalue weighted by Gasteiger charge is 2.31. The van der Waals surface area contributed by atoms with Gasteiger partial charge in [0.2, 0.25) is 0 Å². The zero-order valence-corrected chi connectivity index (χ0v) is 10.5. The Morgan fingerprint density at radius 1 is 1.39 bits per heavy atom. The average Bonchev–Trinajstić information content (AvgIpc) is 2.27. The molecule has 1 aromatic rings. The lowest BCUT2D eigenvalue weighted by molar-refractivity contribution is -0.150. The van der Waals surface area contributed by atoms with E-state index in [9.17, 15) is 13.2 Å². The molecule has 0 aliphatic rings. The fourth-order valence-electron chi connectivity index (χ4n) is 1.67. The summed E-state index contributed by atoms with van der Waals surface area (Å²) in [5.41, 5.74) is 6.92. The third-order valence-electron chi connectivity index (χ3n) is 2.66. The van der Waals surface area contributed by atoms with Crippen LogP contribution < -0.4 is 5.73 Å². The Kier molecular flexibility index (Phi) is 5.10. The Balaban J connectivity index is 2.83. The molecule has 102 valence electrons. The lowest BCUT2D eigenvalue weighted by Crippen LogP contribution is -2.38. The number of nitrogens with zero attached hydrogens (tertiary/aromatic N) is 2. The van der Waals surface area contributed by atoms with Gasteiger partial charge in [-0.3, -0.25) is 9.88 Å². The predicted molar refractivity (Wildman–Crippen MR) is 63.7 cm³/mol. The first kappa shape index (κ1) is 14.9. The second kappa shape index (κ2) is 6.15. The topological polar surface area (TPSA) is 42.2 Å². The van der Waals surface area contributed by atoms with Gasteiger partial charge in [-0.05, 0) is 25.5 Å². The first-order valence-corrected chi connectivity index (χ1v) is 5.77. The van der Waals surface area contributed by atoms with Gasteiger partial charge in [0.1, 0.15) is 0 Å². The summed E-state index contributed by atoms with van der Waals surface area (Å²) in [7, 11) is 0. The molecule has 0 unspecified atom stereocenters. The molecule has 0 fully saturated rings. The molecule has 0 bridgehead atoms. The maximum absolute atomic E-state index is 12.5. The fraction of sp³-hybridized carbons (Fsp3) is 0.583. The number of halogens is 3. The molecule has 6 heteroatoms. The van der Waals surface area contributed by atoms with E-state index in [0.717, 1.165) is 5.56 Å². The molecule has 0 aliphatic heterocycles. The lowest BCUT2D eigenvalue weighted by atomic mass is 10.1. The second-order valence-corrected chi connectivity index (χ2v) is 4.43. The number of rotatable bonds is 5. The molecule has 1 heterocycles. The van der Waals surface area contributed by atoms with Crippen molar-refractivity contribution >= 4 is 0 Å². The summed E-state index contributed by atoms with van der Waals surface area (Å²) in [4.78, 5) is 5.43. The van der Waals surface area contributed by atoms with Gasteiger partial charge in [-0.2, -0.15) is 13.2 Å². The molecular formula is C12H18F3N3. The molecule has 1 rings (SSSR count).